The van der Waals surface area contributed by atoms with E-state index in [1.54, 1.807) is 6.20 Å². The van der Waals surface area contributed by atoms with Gasteiger partial charge in [0, 0.05) is 12.1 Å². The Balaban J connectivity index is 2.31. The van der Waals surface area contributed by atoms with Crippen LogP contribution in [0.15, 0.2) is 12.4 Å². The number of piperidine rings is 1. The summed E-state index contributed by atoms with van der Waals surface area (Å²) in [4.78, 5) is 21.2. The Hall–Kier alpha value is -1.65. The average molecular weight is 235 g/mol. The molecule has 0 amide bonds. The number of aromatic carboxylic acids is 1. The van der Waals surface area contributed by atoms with Gasteiger partial charge in [0.05, 0.1) is 12.4 Å². The van der Waals surface area contributed by atoms with Gasteiger partial charge in [0.25, 0.3) is 0 Å². The Morgan fingerprint density at radius 2 is 2.00 bits per heavy atom. The lowest BCUT2D eigenvalue weighted by molar-refractivity contribution is 0.0690. The highest BCUT2D eigenvalue weighted by atomic mass is 16.4. The number of rotatable bonds is 2. The van der Waals surface area contributed by atoms with Gasteiger partial charge in [-0.15, -0.1) is 0 Å². The minimum Gasteiger partial charge on any atom is -0.476 e. The number of carboxylic acids is 1. The molecule has 92 valence electrons. The standard InChI is InChI=1S/C12H17N3O2/c1-8-4-3-5-9(2)15(8)11-7-13-6-10(14-11)12(16)17/h6-9H,3-5H2,1-2H3,(H,16,17). The highest BCUT2D eigenvalue weighted by molar-refractivity contribution is 5.85. The second kappa shape index (κ2) is 4.69. The van der Waals surface area contributed by atoms with Crippen LogP contribution in [-0.2, 0) is 0 Å². The molecule has 1 saturated heterocycles. The number of carbonyl (C=O) groups is 1. The Morgan fingerprint density at radius 3 is 2.59 bits per heavy atom. The van der Waals surface area contributed by atoms with Crippen LogP contribution in [0.5, 0.6) is 0 Å². The smallest absolute Gasteiger partial charge is 0.356 e. The number of anilines is 1. The molecule has 1 N–H and O–H groups in total. The lowest BCUT2D eigenvalue weighted by atomic mass is 9.98. The number of hydrogen-bond donors (Lipinski definition) is 1. The van der Waals surface area contributed by atoms with E-state index in [1.807, 2.05) is 0 Å². The third-order valence-corrected chi connectivity index (χ3v) is 3.30. The maximum atomic E-state index is 10.9. The second-order valence-electron chi connectivity index (χ2n) is 4.60. The Labute approximate surface area is 100 Å². The van der Waals surface area contributed by atoms with Gasteiger partial charge in [-0.05, 0) is 33.1 Å². The van der Waals surface area contributed by atoms with Crippen molar-refractivity contribution in [2.75, 3.05) is 4.90 Å². The van der Waals surface area contributed by atoms with E-state index >= 15 is 0 Å². The van der Waals surface area contributed by atoms with Crippen LogP contribution in [0, 0.1) is 0 Å². The first kappa shape index (κ1) is 11.8. The first-order chi connectivity index (χ1) is 8.09. The summed E-state index contributed by atoms with van der Waals surface area (Å²) in [5.74, 6) is -0.360. The van der Waals surface area contributed by atoms with Crippen LogP contribution in [0.4, 0.5) is 5.82 Å². The molecule has 2 rings (SSSR count). The molecule has 2 heterocycles. The molecule has 0 aliphatic carbocycles. The van der Waals surface area contributed by atoms with Crippen molar-refractivity contribution in [1.82, 2.24) is 9.97 Å². The molecule has 0 aromatic carbocycles. The van der Waals surface area contributed by atoms with Gasteiger partial charge in [-0.3, -0.25) is 4.98 Å². The van der Waals surface area contributed by atoms with Crippen molar-refractivity contribution < 1.29 is 9.90 Å². The highest BCUT2D eigenvalue weighted by Gasteiger charge is 2.26. The zero-order chi connectivity index (χ0) is 12.4. The van der Waals surface area contributed by atoms with E-state index in [4.69, 9.17) is 5.11 Å². The van der Waals surface area contributed by atoms with Gasteiger partial charge >= 0.3 is 5.97 Å². The van der Waals surface area contributed by atoms with Crippen molar-refractivity contribution in [2.45, 2.75) is 45.2 Å². The van der Waals surface area contributed by atoms with Gasteiger partial charge in [0.1, 0.15) is 5.82 Å². The highest BCUT2D eigenvalue weighted by Crippen LogP contribution is 2.27. The monoisotopic (exact) mass is 235 g/mol. The zero-order valence-electron chi connectivity index (χ0n) is 10.1. The van der Waals surface area contributed by atoms with E-state index in [0.29, 0.717) is 17.9 Å². The van der Waals surface area contributed by atoms with E-state index in [0.717, 1.165) is 12.8 Å². The molecule has 1 fully saturated rings. The van der Waals surface area contributed by atoms with E-state index in [2.05, 4.69) is 28.7 Å². The summed E-state index contributed by atoms with van der Waals surface area (Å²) < 4.78 is 0. The van der Waals surface area contributed by atoms with Crippen molar-refractivity contribution in [1.29, 1.82) is 0 Å². The van der Waals surface area contributed by atoms with Crippen molar-refractivity contribution in [3.05, 3.63) is 18.1 Å². The molecule has 2 unspecified atom stereocenters. The van der Waals surface area contributed by atoms with Gasteiger partial charge in [0.15, 0.2) is 5.69 Å². The molecule has 1 aromatic rings. The van der Waals surface area contributed by atoms with Gasteiger partial charge in [0.2, 0.25) is 0 Å². The lowest BCUT2D eigenvalue weighted by Crippen LogP contribution is -2.44. The van der Waals surface area contributed by atoms with E-state index < -0.39 is 5.97 Å². The topological polar surface area (TPSA) is 66.3 Å². The van der Waals surface area contributed by atoms with Crippen LogP contribution in [0.3, 0.4) is 0 Å². The normalized spacial score (nSPS) is 24.7. The lowest BCUT2D eigenvalue weighted by Gasteiger charge is -2.39. The number of hydrogen-bond acceptors (Lipinski definition) is 4. The fraction of sp³-hybridized carbons (Fsp3) is 0.583. The molecule has 0 saturated carbocycles. The van der Waals surface area contributed by atoms with E-state index in [1.165, 1.54) is 12.6 Å². The second-order valence-corrected chi connectivity index (χ2v) is 4.60. The van der Waals surface area contributed by atoms with Crippen molar-refractivity contribution >= 4 is 11.8 Å². The predicted molar refractivity (Wildman–Crippen MR) is 64.2 cm³/mol. The van der Waals surface area contributed by atoms with Crippen molar-refractivity contribution in [2.24, 2.45) is 0 Å². The molecule has 0 bridgehead atoms. The Bertz CT molecular complexity index is 412. The van der Waals surface area contributed by atoms with Gasteiger partial charge in [-0.25, -0.2) is 9.78 Å². The van der Waals surface area contributed by atoms with Gasteiger partial charge < -0.3 is 10.0 Å². The third kappa shape index (κ3) is 2.38. The maximum Gasteiger partial charge on any atom is 0.356 e. The van der Waals surface area contributed by atoms with E-state index in [-0.39, 0.29) is 5.69 Å². The minimum atomic E-state index is -1.03. The number of carboxylic acid groups (broad SMARTS) is 1. The third-order valence-electron chi connectivity index (χ3n) is 3.30. The van der Waals surface area contributed by atoms with Gasteiger partial charge in [-0.1, -0.05) is 0 Å². The molecule has 0 radical (unpaired) electrons. The summed E-state index contributed by atoms with van der Waals surface area (Å²) in [5.41, 5.74) is 0.00692. The van der Waals surface area contributed by atoms with Crippen LogP contribution >= 0.6 is 0 Å². The van der Waals surface area contributed by atoms with Crippen molar-refractivity contribution in [3.63, 3.8) is 0 Å². The zero-order valence-corrected chi connectivity index (χ0v) is 10.1. The minimum absolute atomic E-state index is 0.00692. The summed E-state index contributed by atoms with van der Waals surface area (Å²) in [6.07, 6.45) is 6.37. The molecule has 5 nitrogen and oxygen atoms in total. The van der Waals surface area contributed by atoms with Gasteiger partial charge in [-0.2, -0.15) is 0 Å². The molecular formula is C12H17N3O2. The molecule has 1 aromatic heterocycles. The van der Waals surface area contributed by atoms with Crippen molar-refractivity contribution in [3.8, 4) is 0 Å². The number of aromatic nitrogens is 2. The quantitative estimate of drug-likeness (QED) is 0.848. The first-order valence-corrected chi connectivity index (χ1v) is 5.93. The molecule has 1 aliphatic heterocycles. The summed E-state index contributed by atoms with van der Waals surface area (Å²) in [5, 5.41) is 8.92. The summed E-state index contributed by atoms with van der Waals surface area (Å²) in [7, 11) is 0. The summed E-state index contributed by atoms with van der Waals surface area (Å²) >= 11 is 0. The number of nitrogens with zero attached hydrogens (tertiary/aromatic N) is 3. The molecule has 1 aliphatic rings. The molecule has 5 heteroatoms. The fourth-order valence-electron chi connectivity index (χ4n) is 2.46. The molecule has 2 atom stereocenters. The van der Waals surface area contributed by atoms with Crippen LogP contribution in [0.2, 0.25) is 0 Å². The SMILES string of the molecule is CC1CCCC(C)N1c1cncc(C(=O)O)n1. The largest absolute Gasteiger partial charge is 0.476 e. The van der Waals surface area contributed by atoms with Crippen LogP contribution < -0.4 is 4.90 Å². The van der Waals surface area contributed by atoms with Crippen LogP contribution in [0.1, 0.15) is 43.6 Å². The predicted octanol–water partition coefficient (Wildman–Crippen LogP) is 1.94. The molecule has 0 spiro atoms. The molecule has 17 heavy (non-hydrogen) atoms. The van der Waals surface area contributed by atoms with Crippen LogP contribution in [0.25, 0.3) is 0 Å². The fourth-order valence-corrected chi connectivity index (χ4v) is 2.46. The molecular weight excluding hydrogens is 218 g/mol. The maximum absolute atomic E-state index is 10.9. The van der Waals surface area contributed by atoms with Crippen LogP contribution in [-0.4, -0.2) is 33.1 Å². The summed E-state index contributed by atoms with van der Waals surface area (Å²) in [6.45, 7) is 4.29. The first-order valence-electron chi connectivity index (χ1n) is 5.93. The van der Waals surface area contributed by atoms with E-state index in [9.17, 15) is 4.79 Å². The summed E-state index contributed by atoms with van der Waals surface area (Å²) in [6, 6.07) is 0.772. The Morgan fingerprint density at radius 1 is 1.35 bits per heavy atom. The average Bonchev–Trinajstić information content (AvgIpc) is 2.29. The Kier molecular flexibility index (Phi) is 3.26.